The molecule has 0 amide bonds. The van der Waals surface area contributed by atoms with E-state index < -0.39 is 11.6 Å². The first-order chi connectivity index (χ1) is 10.7. The van der Waals surface area contributed by atoms with Crippen molar-refractivity contribution in [1.29, 1.82) is 0 Å². The number of hydrogen-bond acceptors (Lipinski definition) is 3. The summed E-state index contributed by atoms with van der Waals surface area (Å²) in [7, 11) is 0. The van der Waals surface area contributed by atoms with Crippen LogP contribution in [0.25, 0.3) is 0 Å². The molecule has 22 heavy (non-hydrogen) atoms. The molecule has 0 spiro atoms. The maximum absolute atomic E-state index is 13.8. The summed E-state index contributed by atoms with van der Waals surface area (Å²) in [6, 6.07) is 6.19. The second-order valence-electron chi connectivity index (χ2n) is 5.52. The molecule has 1 saturated heterocycles. The molecule has 0 radical (unpaired) electrons. The van der Waals surface area contributed by atoms with Crippen LogP contribution in [0.3, 0.4) is 0 Å². The van der Waals surface area contributed by atoms with Crippen LogP contribution in [0.1, 0.15) is 12.0 Å². The number of benzene rings is 1. The number of nitrogens with zero attached hydrogens (tertiary/aromatic N) is 3. The van der Waals surface area contributed by atoms with Gasteiger partial charge < -0.3 is 4.74 Å². The van der Waals surface area contributed by atoms with Gasteiger partial charge in [-0.3, -0.25) is 9.58 Å². The van der Waals surface area contributed by atoms with Gasteiger partial charge in [0, 0.05) is 44.2 Å². The van der Waals surface area contributed by atoms with Crippen LogP contribution in [0, 0.1) is 11.6 Å². The van der Waals surface area contributed by atoms with Crippen molar-refractivity contribution >= 4 is 0 Å². The molecule has 118 valence electrons. The van der Waals surface area contributed by atoms with E-state index in [-0.39, 0.29) is 6.10 Å². The summed E-state index contributed by atoms with van der Waals surface area (Å²) in [6.07, 6.45) is 4.51. The van der Waals surface area contributed by atoms with E-state index in [1.807, 2.05) is 16.9 Å². The Hall–Kier alpha value is -1.79. The number of ether oxygens (including phenoxy) is 1. The summed E-state index contributed by atoms with van der Waals surface area (Å²) in [6.45, 7) is 3.22. The van der Waals surface area contributed by atoms with Crippen molar-refractivity contribution in [2.45, 2.75) is 25.6 Å². The fourth-order valence-electron chi connectivity index (χ4n) is 2.75. The number of halogens is 2. The molecule has 1 aliphatic rings. The molecule has 4 nitrogen and oxygen atoms in total. The van der Waals surface area contributed by atoms with Crippen LogP contribution in [-0.4, -0.2) is 40.5 Å². The van der Waals surface area contributed by atoms with Crippen molar-refractivity contribution in [3.05, 3.63) is 53.9 Å². The van der Waals surface area contributed by atoms with Gasteiger partial charge in [-0.1, -0.05) is 12.1 Å². The lowest BCUT2D eigenvalue weighted by Gasteiger charge is -2.24. The molecule has 0 N–H and O–H groups in total. The quantitative estimate of drug-likeness (QED) is 0.869. The van der Waals surface area contributed by atoms with Crippen LogP contribution >= 0.6 is 0 Å². The van der Waals surface area contributed by atoms with Gasteiger partial charge in [0.05, 0.1) is 12.6 Å². The lowest BCUT2D eigenvalue weighted by atomic mass is 10.1. The van der Waals surface area contributed by atoms with E-state index in [0.29, 0.717) is 31.8 Å². The predicted octanol–water partition coefficient (Wildman–Crippen LogP) is 2.45. The highest BCUT2D eigenvalue weighted by Crippen LogP contribution is 2.16. The van der Waals surface area contributed by atoms with Crippen LogP contribution in [0.2, 0.25) is 0 Å². The largest absolute Gasteiger partial charge is 0.375 e. The van der Waals surface area contributed by atoms with Crippen LogP contribution in [0.5, 0.6) is 0 Å². The number of aromatic nitrogens is 2. The Bertz CT molecular complexity index is 603. The van der Waals surface area contributed by atoms with Crippen LogP contribution < -0.4 is 0 Å². The topological polar surface area (TPSA) is 30.3 Å². The molecule has 6 heteroatoms. The van der Waals surface area contributed by atoms with Crippen molar-refractivity contribution in [3.63, 3.8) is 0 Å². The van der Waals surface area contributed by atoms with E-state index in [4.69, 9.17) is 4.74 Å². The van der Waals surface area contributed by atoms with Crippen molar-refractivity contribution in [3.8, 4) is 0 Å². The first-order valence-electron chi connectivity index (χ1n) is 7.46. The second-order valence-corrected chi connectivity index (χ2v) is 5.52. The predicted molar refractivity (Wildman–Crippen MR) is 78.2 cm³/mol. The summed E-state index contributed by atoms with van der Waals surface area (Å²) >= 11 is 0. The average Bonchev–Trinajstić information content (AvgIpc) is 2.91. The first-order valence-corrected chi connectivity index (χ1v) is 7.46. The molecule has 2 aromatic rings. The fourth-order valence-corrected chi connectivity index (χ4v) is 2.75. The lowest BCUT2D eigenvalue weighted by Crippen LogP contribution is -2.34. The zero-order valence-corrected chi connectivity index (χ0v) is 12.3. The minimum absolute atomic E-state index is 0.000907. The Labute approximate surface area is 128 Å². The highest BCUT2D eigenvalue weighted by molar-refractivity contribution is 5.18. The van der Waals surface area contributed by atoms with Crippen LogP contribution in [-0.2, 0) is 17.8 Å². The zero-order chi connectivity index (χ0) is 15.4. The molecule has 3 rings (SSSR count). The monoisotopic (exact) mass is 307 g/mol. The third-order valence-electron chi connectivity index (χ3n) is 3.81. The Morgan fingerprint density at radius 1 is 1.27 bits per heavy atom. The van der Waals surface area contributed by atoms with Gasteiger partial charge in [-0.05, 0) is 18.6 Å². The van der Waals surface area contributed by atoms with Crippen molar-refractivity contribution in [2.24, 2.45) is 0 Å². The SMILES string of the molecule is Fc1cccc(CN2CCCOC(Cn3cccn3)C2)c1F. The summed E-state index contributed by atoms with van der Waals surface area (Å²) in [5, 5.41) is 4.18. The average molecular weight is 307 g/mol. The molecular formula is C16H19F2N3O. The maximum Gasteiger partial charge on any atom is 0.163 e. The number of hydrogen-bond donors (Lipinski definition) is 0. The Morgan fingerprint density at radius 3 is 3.00 bits per heavy atom. The molecule has 1 fully saturated rings. The Morgan fingerprint density at radius 2 is 2.18 bits per heavy atom. The molecule has 0 bridgehead atoms. The summed E-state index contributed by atoms with van der Waals surface area (Å²) in [5.41, 5.74) is 0.389. The van der Waals surface area contributed by atoms with E-state index in [1.54, 1.807) is 18.3 Å². The van der Waals surface area contributed by atoms with Crippen LogP contribution in [0.4, 0.5) is 8.78 Å². The minimum atomic E-state index is -0.795. The van der Waals surface area contributed by atoms with Gasteiger partial charge >= 0.3 is 0 Å². The molecule has 1 atom stereocenters. The summed E-state index contributed by atoms with van der Waals surface area (Å²) in [5.74, 6) is -1.55. The molecule has 2 heterocycles. The fraction of sp³-hybridized carbons (Fsp3) is 0.438. The smallest absolute Gasteiger partial charge is 0.163 e. The standard InChI is InChI=1S/C16H19F2N3O/c17-15-5-1-4-13(16(15)18)10-20-7-3-9-22-14(11-20)12-21-8-2-6-19-21/h1-2,4-6,8,14H,3,7,9-12H2. The van der Waals surface area contributed by atoms with E-state index >= 15 is 0 Å². The van der Waals surface area contributed by atoms with E-state index in [2.05, 4.69) is 10.00 Å². The van der Waals surface area contributed by atoms with Gasteiger partial charge in [0.1, 0.15) is 0 Å². The molecule has 1 aromatic heterocycles. The molecule has 0 saturated carbocycles. The molecule has 1 aromatic carbocycles. The third kappa shape index (κ3) is 3.69. The van der Waals surface area contributed by atoms with Gasteiger partial charge in [0.25, 0.3) is 0 Å². The van der Waals surface area contributed by atoms with Gasteiger partial charge in [-0.25, -0.2) is 8.78 Å². The van der Waals surface area contributed by atoms with Gasteiger partial charge in [-0.2, -0.15) is 5.10 Å². The zero-order valence-electron chi connectivity index (χ0n) is 12.3. The molecule has 1 aliphatic heterocycles. The highest BCUT2D eigenvalue weighted by atomic mass is 19.2. The molecular weight excluding hydrogens is 288 g/mol. The lowest BCUT2D eigenvalue weighted by molar-refractivity contribution is 0.0390. The second kappa shape index (κ2) is 6.98. The highest BCUT2D eigenvalue weighted by Gasteiger charge is 2.21. The number of rotatable bonds is 4. The third-order valence-corrected chi connectivity index (χ3v) is 3.81. The maximum atomic E-state index is 13.8. The van der Waals surface area contributed by atoms with Crippen LogP contribution in [0.15, 0.2) is 36.7 Å². The normalized spacial score (nSPS) is 20.0. The Kier molecular flexibility index (Phi) is 4.80. The van der Waals surface area contributed by atoms with Gasteiger partial charge in [0.2, 0.25) is 0 Å². The summed E-state index contributed by atoms with van der Waals surface area (Å²) < 4.78 is 34.8. The minimum Gasteiger partial charge on any atom is -0.375 e. The van der Waals surface area contributed by atoms with Gasteiger partial charge in [0.15, 0.2) is 11.6 Å². The van der Waals surface area contributed by atoms with Gasteiger partial charge in [-0.15, -0.1) is 0 Å². The molecule has 0 aliphatic carbocycles. The van der Waals surface area contributed by atoms with E-state index in [0.717, 1.165) is 19.0 Å². The van der Waals surface area contributed by atoms with Crippen molar-refractivity contribution in [2.75, 3.05) is 19.7 Å². The first kappa shape index (κ1) is 15.1. The van der Waals surface area contributed by atoms with Crippen molar-refractivity contribution in [1.82, 2.24) is 14.7 Å². The summed E-state index contributed by atoms with van der Waals surface area (Å²) in [4.78, 5) is 2.11. The van der Waals surface area contributed by atoms with E-state index in [1.165, 1.54) is 0 Å². The van der Waals surface area contributed by atoms with E-state index in [9.17, 15) is 8.78 Å². The molecule has 1 unspecified atom stereocenters. The van der Waals surface area contributed by atoms with Crippen molar-refractivity contribution < 1.29 is 13.5 Å². The Balaban J connectivity index is 1.66.